The van der Waals surface area contributed by atoms with Gasteiger partial charge in [0.2, 0.25) is 0 Å². The minimum Gasteiger partial charge on any atom is -0.378 e. The van der Waals surface area contributed by atoms with Gasteiger partial charge in [-0.3, -0.25) is 0 Å². The number of rotatable bonds is 2. The average Bonchev–Trinajstić information content (AvgIpc) is 2.70. The second-order valence-corrected chi connectivity index (χ2v) is 5.11. The van der Waals surface area contributed by atoms with E-state index in [2.05, 4.69) is 23.5 Å². The molecule has 0 saturated heterocycles. The van der Waals surface area contributed by atoms with Crippen LogP contribution in [0.15, 0.2) is 48.5 Å². The third-order valence-corrected chi connectivity index (χ3v) is 3.70. The summed E-state index contributed by atoms with van der Waals surface area (Å²) >= 11 is 5.88. The van der Waals surface area contributed by atoms with Crippen molar-refractivity contribution in [2.24, 2.45) is 5.73 Å². The van der Waals surface area contributed by atoms with Gasteiger partial charge in [0.05, 0.1) is 6.04 Å². The Balaban J connectivity index is 1.85. The summed E-state index contributed by atoms with van der Waals surface area (Å²) in [6, 6.07) is 16.6. The van der Waals surface area contributed by atoms with Gasteiger partial charge in [0, 0.05) is 16.8 Å². The van der Waals surface area contributed by atoms with Crippen LogP contribution in [0.25, 0.3) is 0 Å². The summed E-state index contributed by atoms with van der Waals surface area (Å²) in [5, 5.41) is 4.27. The van der Waals surface area contributed by atoms with Crippen LogP contribution < -0.4 is 11.1 Å². The van der Waals surface area contributed by atoms with Crippen molar-refractivity contribution in [1.82, 2.24) is 0 Å². The normalized spacial score (nSPS) is 21.7. The highest BCUT2D eigenvalue weighted by molar-refractivity contribution is 6.30. The molecule has 1 aliphatic carbocycles. The Morgan fingerprint density at radius 2 is 1.67 bits per heavy atom. The Kier molecular flexibility index (Phi) is 2.98. The molecule has 0 bridgehead atoms. The number of hydrogen-bond donors (Lipinski definition) is 2. The quantitative estimate of drug-likeness (QED) is 0.858. The fraction of sp³-hybridized carbons (Fsp3) is 0.200. The summed E-state index contributed by atoms with van der Waals surface area (Å²) in [6.07, 6.45) is 0.933. The zero-order valence-corrected chi connectivity index (χ0v) is 10.7. The van der Waals surface area contributed by atoms with Gasteiger partial charge in [-0.15, -0.1) is 0 Å². The Morgan fingerprint density at radius 1 is 1.00 bits per heavy atom. The van der Waals surface area contributed by atoms with E-state index >= 15 is 0 Å². The highest BCUT2D eigenvalue weighted by atomic mass is 35.5. The van der Waals surface area contributed by atoms with Crippen molar-refractivity contribution in [3.8, 4) is 0 Å². The second-order valence-electron chi connectivity index (χ2n) is 4.67. The topological polar surface area (TPSA) is 38.0 Å². The van der Waals surface area contributed by atoms with E-state index in [-0.39, 0.29) is 12.1 Å². The molecule has 0 spiro atoms. The molecule has 0 aromatic heterocycles. The van der Waals surface area contributed by atoms with E-state index in [0.29, 0.717) is 0 Å². The number of fused-ring (bicyclic) bond motifs is 1. The first kappa shape index (κ1) is 11.6. The van der Waals surface area contributed by atoms with Gasteiger partial charge < -0.3 is 11.1 Å². The molecule has 2 unspecified atom stereocenters. The summed E-state index contributed by atoms with van der Waals surface area (Å²) in [6.45, 7) is 0. The summed E-state index contributed by atoms with van der Waals surface area (Å²) in [5.41, 5.74) is 9.79. The highest BCUT2D eigenvalue weighted by Gasteiger charge is 2.27. The van der Waals surface area contributed by atoms with E-state index in [4.69, 9.17) is 17.3 Å². The summed E-state index contributed by atoms with van der Waals surface area (Å²) in [4.78, 5) is 0. The van der Waals surface area contributed by atoms with Gasteiger partial charge in [-0.2, -0.15) is 0 Å². The molecule has 0 fully saturated rings. The zero-order valence-electron chi connectivity index (χ0n) is 9.94. The molecule has 92 valence electrons. The van der Waals surface area contributed by atoms with Crippen molar-refractivity contribution in [2.45, 2.75) is 18.5 Å². The summed E-state index contributed by atoms with van der Waals surface area (Å²) in [5.74, 6) is 0. The lowest BCUT2D eigenvalue weighted by atomic mass is 10.1. The van der Waals surface area contributed by atoms with E-state index in [0.717, 1.165) is 17.1 Å². The van der Waals surface area contributed by atoms with Crippen molar-refractivity contribution in [2.75, 3.05) is 5.32 Å². The van der Waals surface area contributed by atoms with Crippen molar-refractivity contribution in [1.29, 1.82) is 0 Å². The van der Waals surface area contributed by atoms with Gasteiger partial charge in [0.25, 0.3) is 0 Å². The van der Waals surface area contributed by atoms with Crippen LogP contribution in [0.2, 0.25) is 5.02 Å². The lowest BCUT2D eigenvalue weighted by Gasteiger charge is -2.15. The molecule has 2 aromatic rings. The molecule has 1 aliphatic rings. The minimum atomic E-state index is 0.131. The molecule has 0 saturated carbocycles. The molecular weight excluding hydrogens is 244 g/mol. The third-order valence-electron chi connectivity index (χ3n) is 3.45. The molecule has 2 aromatic carbocycles. The summed E-state index contributed by atoms with van der Waals surface area (Å²) < 4.78 is 0. The van der Waals surface area contributed by atoms with E-state index in [9.17, 15) is 0 Å². The van der Waals surface area contributed by atoms with Crippen molar-refractivity contribution in [3.05, 3.63) is 64.7 Å². The van der Waals surface area contributed by atoms with Crippen LogP contribution in [0.4, 0.5) is 5.69 Å². The molecule has 3 heteroatoms. The monoisotopic (exact) mass is 258 g/mol. The molecule has 2 atom stereocenters. The van der Waals surface area contributed by atoms with Gasteiger partial charge in [0.1, 0.15) is 0 Å². The Morgan fingerprint density at radius 3 is 2.39 bits per heavy atom. The molecule has 18 heavy (non-hydrogen) atoms. The minimum absolute atomic E-state index is 0.131. The Hall–Kier alpha value is -1.51. The van der Waals surface area contributed by atoms with Gasteiger partial charge in [-0.1, -0.05) is 35.9 Å². The molecule has 2 nitrogen and oxygen atoms in total. The first-order valence-electron chi connectivity index (χ1n) is 6.10. The average molecular weight is 259 g/mol. The summed E-state index contributed by atoms with van der Waals surface area (Å²) in [7, 11) is 0. The lowest BCUT2D eigenvalue weighted by Crippen LogP contribution is -2.09. The van der Waals surface area contributed by atoms with Crippen LogP contribution in [0.1, 0.15) is 29.6 Å². The van der Waals surface area contributed by atoms with Crippen LogP contribution in [0, 0.1) is 0 Å². The van der Waals surface area contributed by atoms with Gasteiger partial charge in [-0.05, 0) is 41.8 Å². The predicted octanol–water partition coefficient (Wildman–Crippen LogP) is 3.90. The largest absolute Gasteiger partial charge is 0.378 e. The SMILES string of the molecule is NC1CC(Nc2ccc(Cl)cc2)c2ccccc21. The van der Waals surface area contributed by atoms with Crippen molar-refractivity contribution in [3.63, 3.8) is 0 Å². The van der Waals surface area contributed by atoms with Gasteiger partial charge >= 0.3 is 0 Å². The maximum absolute atomic E-state index is 6.15. The number of hydrogen-bond acceptors (Lipinski definition) is 2. The first-order chi connectivity index (χ1) is 8.74. The standard InChI is InChI=1S/C15H15ClN2/c16-10-5-7-11(8-6-10)18-15-9-14(17)12-3-1-2-4-13(12)15/h1-8,14-15,18H,9,17H2. The number of benzene rings is 2. The van der Waals surface area contributed by atoms with Gasteiger partial charge in [-0.25, -0.2) is 0 Å². The number of anilines is 1. The molecule has 0 aliphatic heterocycles. The van der Waals surface area contributed by atoms with Crippen molar-refractivity contribution < 1.29 is 0 Å². The smallest absolute Gasteiger partial charge is 0.0535 e. The number of nitrogens with two attached hydrogens (primary N) is 1. The van der Waals surface area contributed by atoms with E-state index in [1.807, 2.05) is 30.3 Å². The van der Waals surface area contributed by atoms with Crippen molar-refractivity contribution >= 4 is 17.3 Å². The van der Waals surface area contributed by atoms with E-state index in [1.54, 1.807) is 0 Å². The van der Waals surface area contributed by atoms with E-state index < -0.39 is 0 Å². The van der Waals surface area contributed by atoms with Gasteiger partial charge in [0.15, 0.2) is 0 Å². The lowest BCUT2D eigenvalue weighted by molar-refractivity contribution is 0.648. The molecule has 0 heterocycles. The van der Waals surface area contributed by atoms with Crippen LogP contribution in [0.5, 0.6) is 0 Å². The number of nitrogens with one attached hydrogen (secondary N) is 1. The van der Waals surface area contributed by atoms with Crippen LogP contribution in [0.3, 0.4) is 0 Å². The molecule has 3 N–H and O–H groups in total. The Labute approximate surface area is 112 Å². The van der Waals surface area contributed by atoms with E-state index in [1.165, 1.54) is 11.1 Å². The second kappa shape index (κ2) is 4.63. The fourth-order valence-electron chi connectivity index (χ4n) is 2.56. The highest BCUT2D eigenvalue weighted by Crippen LogP contribution is 2.39. The zero-order chi connectivity index (χ0) is 12.5. The third kappa shape index (κ3) is 2.09. The molecule has 0 amide bonds. The van der Waals surface area contributed by atoms with Crippen LogP contribution >= 0.6 is 11.6 Å². The maximum Gasteiger partial charge on any atom is 0.0535 e. The Bertz CT molecular complexity index is 551. The van der Waals surface area contributed by atoms with Crippen LogP contribution in [-0.2, 0) is 0 Å². The molecule has 3 rings (SSSR count). The maximum atomic E-state index is 6.15. The molecule has 0 radical (unpaired) electrons. The molecular formula is C15H15ClN2. The number of halogens is 1. The fourth-order valence-corrected chi connectivity index (χ4v) is 2.68. The predicted molar refractivity (Wildman–Crippen MR) is 75.8 cm³/mol. The first-order valence-corrected chi connectivity index (χ1v) is 6.48. The van der Waals surface area contributed by atoms with Crippen LogP contribution in [-0.4, -0.2) is 0 Å².